The molecule has 1 rings (SSSR count). The summed E-state index contributed by atoms with van der Waals surface area (Å²) in [6, 6.07) is 3.45. The van der Waals surface area contributed by atoms with E-state index in [-0.39, 0.29) is 15.6 Å². The van der Waals surface area contributed by atoms with E-state index in [4.69, 9.17) is 16.7 Å². The molecule has 0 spiro atoms. The topological polar surface area (TPSA) is 123 Å². The van der Waals surface area contributed by atoms with Gasteiger partial charge in [-0.3, -0.25) is 4.79 Å². The lowest BCUT2D eigenvalue weighted by Gasteiger charge is -2.12. The van der Waals surface area contributed by atoms with E-state index in [1.807, 2.05) is 0 Å². The number of nitrogens with two attached hydrogens (primary N) is 1. The molecule has 0 aliphatic rings. The quantitative estimate of drug-likeness (QED) is 0.819. The molecule has 0 fully saturated rings. The van der Waals surface area contributed by atoms with Crippen molar-refractivity contribution in [2.75, 3.05) is 11.6 Å². The van der Waals surface area contributed by atoms with Crippen LogP contribution in [0.15, 0.2) is 23.1 Å². The zero-order valence-electron chi connectivity index (χ0n) is 10.6. The van der Waals surface area contributed by atoms with Crippen LogP contribution in [0.4, 0.5) is 5.69 Å². The smallest absolute Gasteiger partial charge is 0.242 e. The minimum absolute atomic E-state index is 0.0643. The summed E-state index contributed by atoms with van der Waals surface area (Å²) in [4.78, 5) is 11.5. The second kappa shape index (κ2) is 5.68. The number of hydrogen-bond acceptors (Lipinski definition) is 5. The number of amides is 1. The molecular weight excluding hydrogens is 328 g/mol. The summed E-state index contributed by atoms with van der Waals surface area (Å²) < 4.78 is 44.7. The molecule has 0 bridgehead atoms. The molecule has 0 aliphatic carbocycles. The summed E-state index contributed by atoms with van der Waals surface area (Å²) in [7, 11) is -7.44. The number of rotatable bonds is 4. The molecule has 112 valence electrons. The van der Waals surface area contributed by atoms with Gasteiger partial charge in [-0.05, 0) is 25.1 Å². The Hall–Kier alpha value is -1.16. The molecule has 0 saturated carbocycles. The third-order valence-electron chi connectivity index (χ3n) is 2.54. The monoisotopic (exact) mass is 340 g/mol. The Balaban J connectivity index is 3.04. The Labute approximate surface area is 122 Å². The Bertz CT molecular complexity index is 743. The number of primary sulfonamides is 1. The Morgan fingerprint density at radius 2 is 1.85 bits per heavy atom. The first-order chi connectivity index (χ1) is 8.93. The van der Waals surface area contributed by atoms with Crippen molar-refractivity contribution in [3.8, 4) is 0 Å². The van der Waals surface area contributed by atoms with Crippen molar-refractivity contribution >= 4 is 43.1 Å². The fraction of sp³-hybridized carbons (Fsp3) is 0.300. The van der Waals surface area contributed by atoms with Gasteiger partial charge < -0.3 is 5.32 Å². The predicted molar refractivity (Wildman–Crippen MR) is 75.8 cm³/mol. The van der Waals surface area contributed by atoms with Gasteiger partial charge in [-0.1, -0.05) is 11.6 Å². The van der Waals surface area contributed by atoms with Crippen molar-refractivity contribution in [2.45, 2.75) is 17.1 Å². The summed E-state index contributed by atoms with van der Waals surface area (Å²) in [5.74, 6) is -0.766. The number of carbonyl (C=O) groups excluding carboxylic acids is 1. The lowest BCUT2D eigenvalue weighted by atomic mass is 10.3. The third-order valence-corrected chi connectivity index (χ3v) is 5.26. The number of nitrogens with one attached hydrogen (secondary N) is 1. The van der Waals surface area contributed by atoms with Crippen molar-refractivity contribution in [3.63, 3.8) is 0 Å². The number of benzene rings is 1. The molecule has 1 aromatic carbocycles. The van der Waals surface area contributed by atoms with Crippen LogP contribution in [0.5, 0.6) is 0 Å². The van der Waals surface area contributed by atoms with Crippen LogP contribution >= 0.6 is 11.6 Å². The predicted octanol–water partition coefficient (Wildman–Crippen LogP) is 0.359. The number of carbonyl (C=O) groups is 1. The molecule has 1 atom stereocenters. The van der Waals surface area contributed by atoms with Gasteiger partial charge >= 0.3 is 0 Å². The second-order valence-electron chi connectivity index (χ2n) is 4.15. The van der Waals surface area contributed by atoms with E-state index in [1.165, 1.54) is 13.0 Å². The van der Waals surface area contributed by atoms with Crippen molar-refractivity contribution in [2.24, 2.45) is 5.14 Å². The summed E-state index contributed by atoms with van der Waals surface area (Å²) in [6.45, 7) is 1.23. The van der Waals surface area contributed by atoms with E-state index in [0.717, 1.165) is 18.4 Å². The molecule has 0 aromatic heterocycles. The van der Waals surface area contributed by atoms with E-state index >= 15 is 0 Å². The highest BCUT2D eigenvalue weighted by molar-refractivity contribution is 7.92. The SMILES string of the molecule is CC(C(=O)Nc1ccc(S(N)(=O)=O)cc1Cl)S(C)(=O)=O. The van der Waals surface area contributed by atoms with Crippen LogP contribution in [-0.2, 0) is 24.7 Å². The highest BCUT2D eigenvalue weighted by Gasteiger charge is 2.24. The van der Waals surface area contributed by atoms with Crippen molar-refractivity contribution in [1.29, 1.82) is 0 Å². The van der Waals surface area contributed by atoms with E-state index in [0.29, 0.717) is 0 Å². The van der Waals surface area contributed by atoms with Gasteiger partial charge in [0.25, 0.3) is 0 Å². The first kappa shape index (κ1) is 16.9. The molecule has 1 aromatic rings. The zero-order chi connectivity index (χ0) is 15.7. The van der Waals surface area contributed by atoms with Gasteiger partial charge in [0.2, 0.25) is 15.9 Å². The molecule has 3 N–H and O–H groups in total. The van der Waals surface area contributed by atoms with Crippen LogP contribution in [0.2, 0.25) is 5.02 Å². The average Bonchev–Trinajstić information content (AvgIpc) is 2.28. The van der Waals surface area contributed by atoms with Gasteiger partial charge in [-0.2, -0.15) is 0 Å². The Kier molecular flexibility index (Phi) is 4.80. The molecule has 0 aliphatic heterocycles. The zero-order valence-corrected chi connectivity index (χ0v) is 13.0. The van der Waals surface area contributed by atoms with Gasteiger partial charge in [0, 0.05) is 6.26 Å². The van der Waals surface area contributed by atoms with E-state index in [2.05, 4.69) is 5.32 Å². The van der Waals surface area contributed by atoms with Crippen LogP contribution < -0.4 is 10.5 Å². The van der Waals surface area contributed by atoms with Crippen molar-refractivity contribution in [1.82, 2.24) is 0 Å². The highest BCUT2D eigenvalue weighted by Crippen LogP contribution is 2.25. The lowest BCUT2D eigenvalue weighted by Crippen LogP contribution is -2.31. The number of sulfonamides is 1. The fourth-order valence-corrected chi connectivity index (χ4v) is 2.48. The van der Waals surface area contributed by atoms with Crippen LogP contribution in [0, 0.1) is 0 Å². The largest absolute Gasteiger partial charge is 0.324 e. The fourth-order valence-electron chi connectivity index (χ4n) is 1.20. The minimum Gasteiger partial charge on any atom is -0.324 e. The molecule has 0 saturated heterocycles. The standard InChI is InChI=1S/C10H13ClN2O5S2/c1-6(19(2,15)16)10(14)13-9-4-3-7(5-8(9)11)20(12,17)18/h3-6H,1-2H3,(H,13,14)(H2,12,17,18). The first-order valence-corrected chi connectivity index (χ1v) is 9.13. The lowest BCUT2D eigenvalue weighted by molar-refractivity contribution is -0.115. The summed E-state index contributed by atoms with van der Waals surface area (Å²) in [6.07, 6.45) is 0.933. The van der Waals surface area contributed by atoms with E-state index < -0.39 is 31.0 Å². The molecule has 10 heteroatoms. The maximum atomic E-state index is 11.7. The number of hydrogen-bond donors (Lipinski definition) is 2. The molecule has 20 heavy (non-hydrogen) atoms. The normalized spacial score (nSPS) is 13.8. The van der Waals surface area contributed by atoms with Crippen molar-refractivity contribution in [3.05, 3.63) is 23.2 Å². The molecule has 0 radical (unpaired) electrons. The van der Waals surface area contributed by atoms with Gasteiger partial charge in [0.1, 0.15) is 5.25 Å². The van der Waals surface area contributed by atoms with Gasteiger partial charge in [0.05, 0.1) is 15.6 Å². The maximum Gasteiger partial charge on any atom is 0.242 e. The second-order valence-corrected chi connectivity index (χ2v) is 8.48. The van der Waals surface area contributed by atoms with E-state index in [1.54, 1.807) is 0 Å². The number of sulfone groups is 1. The number of anilines is 1. The molecule has 1 unspecified atom stereocenters. The maximum absolute atomic E-state index is 11.7. The van der Waals surface area contributed by atoms with Gasteiger partial charge in [-0.25, -0.2) is 22.0 Å². The summed E-state index contributed by atoms with van der Waals surface area (Å²) in [5.41, 5.74) is 0.0968. The molecular formula is C10H13ClN2O5S2. The first-order valence-electron chi connectivity index (χ1n) is 5.25. The minimum atomic E-state index is -3.90. The Morgan fingerprint density at radius 3 is 2.25 bits per heavy atom. The third kappa shape index (κ3) is 4.17. The van der Waals surface area contributed by atoms with Crippen molar-refractivity contribution < 1.29 is 21.6 Å². The average molecular weight is 341 g/mol. The summed E-state index contributed by atoms with van der Waals surface area (Å²) in [5, 5.41) is 5.92. The van der Waals surface area contributed by atoms with Crippen LogP contribution in [0.1, 0.15) is 6.92 Å². The van der Waals surface area contributed by atoms with Gasteiger partial charge in [-0.15, -0.1) is 0 Å². The summed E-state index contributed by atoms with van der Waals surface area (Å²) >= 11 is 5.81. The molecule has 1 amide bonds. The molecule has 7 nitrogen and oxygen atoms in total. The molecule has 0 heterocycles. The Morgan fingerprint density at radius 1 is 1.30 bits per heavy atom. The number of halogens is 1. The van der Waals surface area contributed by atoms with Crippen LogP contribution in [0.3, 0.4) is 0 Å². The highest BCUT2D eigenvalue weighted by atomic mass is 35.5. The van der Waals surface area contributed by atoms with Crippen LogP contribution in [-0.4, -0.2) is 34.2 Å². The van der Waals surface area contributed by atoms with Gasteiger partial charge in [0.15, 0.2) is 9.84 Å². The van der Waals surface area contributed by atoms with Crippen LogP contribution in [0.25, 0.3) is 0 Å². The van der Waals surface area contributed by atoms with E-state index in [9.17, 15) is 21.6 Å².